The molecule has 138 valence electrons. The third-order valence-electron chi connectivity index (χ3n) is 4.91. The Morgan fingerprint density at radius 3 is 2.23 bits per heavy atom. The zero-order valence-electron chi connectivity index (χ0n) is 15.3. The Bertz CT molecular complexity index is 723. The smallest absolute Gasteiger partial charge is 0.225 e. The van der Waals surface area contributed by atoms with Crippen molar-refractivity contribution in [3.8, 4) is 5.75 Å². The lowest BCUT2D eigenvalue weighted by Crippen LogP contribution is -2.50. The Hall–Kier alpha value is -2.20. The highest BCUT2D eigenvalue weighted by Gasteiger charge is 2.25. The van der Waals surface area contributed by atoms with Crippen molar-refractivity contribution in [3.05, 3.63) is 59.1 Å². The fourth-order valence-corrected chi connectivity index (χ4v) is 3.48. The summed E-state index contributed by atoms with van der Waals surface area (Å²) in [5, 5.41) is 0.724. The van der Waals surface area contributed by atoms with Gasteiger partial charge in [0.05, 0.1) is 7.11 Å². The van der Waals surface area contributed by atoms with Crippen LogP contribution in [-0.2, 0) is 11.2 Å². The molecule has 3 rings (SSSR count). The largest absolute Gasteiger partial charge is 0.497 e. The molecule has 0 radical (unpaired) electrons. The van der Waals surface area contributed by atoms with Crippen LogP contribution in [0.25, 0.3) is 0 Å². The molecule has 0 aromatic heterocycles. The molecule has 1 aliphatic rings. The van der Waals surface area contributed by atoms with E-state index >= 15 is 0 Å². The summed E-state index contributed by atoms with van der Waals surface area (Å²) in [6.45, 7) is 5.23. The van der Waals surface area contributed by atoms with Crippen molar-refractivity contribution < 1.29 is 9.53 Å². The second-order valence-corrected chi connectivity index (χ2v) is 7.18. The third-order valence-corrected chi connectivity index (χ3v) is 5.16. The summed E-state index contributed by atoms with van der Waals surface area (Å²) in [5.74, 6) is 1.07. The first kappa shape index (κ1) is 18.6. The van der Waals surface area contributed by atoms with Crippen LogP contribution in [0.5, 0.6) is 5.75 Å². The Morgan fingerprint density at radius 1 is 1.04 bits per heavy atom. The van der Waals surface area contributed by atoms with Gasteiger partial charge in [0.25, 0.3) is 0 Å². The van der Waals surface area contributed by atoms with Gasteiger partial charge < -0.3 is 14.5 Å². The molecular weight excluding hydrogens is 348 g/mol. The lowest BCUT2D eigenvalue weighted by molar-refractivity contribution is -0.135. The van der Waals surface area contributed by atoms with Gasteiger partial charge in [0.2, 0.25) is 5.91 Å². The van der Waals surface area contributed by atoms with E-state index in [-0.39, 0.29) is 11.8 Å². The Kier molecular flexibility index (Phi) is 6.04. The van der Waals surface area contributed by atoms with Crippen molar-refractivity contribution in [1.29, 1.82) is 0 Å². The standard InChI is InChI=1S/C21H25ClN2O2/c1-16(15-17-3-5-18(22)6-4-17)21(25)24-13-11-23(12-14-24)19-7-9-20(26-2)10-8-19/h3-10,16H,11-15H2,1-2H3. The van der Waals surface area contributed by atoms with Gasteiger partial charge in [-0.1, -0.05) is 30.7 Å². The van der Waals surface area contributed by atoms with E-state index < -0.39 is 0 Å². The third kappa shape index (κ3) is 4.50. The molecule has 0 spiro atoms. The van der Waals surface area contributed by atoms with Gasteiger partial charge in [-0.25, -0.2) is 0 Å². The predicted molar refractivity (Wildman–Crippen MR) is 106 cm³/mol. The van der Waals surface area contributed by atoms with E-state index in [2.05, 4.69) is 17.0 Å². The van der Waals surface area contributed by atoms with E-state index in [9.17, 15) is 4.79 Å². The Balaban J connectivity index is 1.53. The molecular formula is C21H25ClN2O2. The van der Waals surface area contributed by atoms with E-state index in [0.717, 1.165) is 48.9 Å². The first-order chi connectivity index (χ1) is 12.6. The molecule has 1 atom stereocenters. The minimum Gasteiger partial charge on any atom is -0.497 e. The van der Waals surface area contributed by atoms with Crippen molar-refractivity contribution in [2.75, 3.05) is 38.2 Å². The minimum absolute atomic E-state index is 0.0243. The number of ether oxygens (including phenoxy) is 1. The van der Waals surface area contributed by atoms with Gasteiger partial charge >= 0.3 is 0 Å². The van der Waals surface area contributed by atoms with E-state index in [0.29, 0.717) is 0 Å². The molecule has 1 fully saturated rings. The van der Waals surface area contributed by atoms with Crippen LogP contribution in [0.15, 0.2) is 48.5 Å². The number of rotatable bonds is 5. The molecule has 1 unspecified atom stereocenters. The maximum atomic E-state index is 12.8. The number of nitrogens with zero attached hydrogens (tertiary/aromatic N) is 2. The number of anilines is 1. The van der Waals surface area contributed by atoms with E-state index in [1.165, 1.54) is 5.69 Å². The molecule has 5 heteroatoms. The highest BCUT2D eigenvalue weighted by Crippen LogP contribution is 2.21. The van der Waals surface area contributed by atoms with Gasteiger partial charge in [-0.3, -0.25) is 4.79 Å². The number of benzene rings is 2. The molecule has 0 bridgehead atoms. The van der Waals surface area contributed by atoms with Crippen LogP contribution >= 0.6 is 11.6 Å². The molecule has 1 saturated heterocycles. The second-order valence-electron chi connectivity index (χ2n) is 6.74. The fourth-order valence-electron chi connectivity index (χ4n) is 3.35. The van der Waals surface area contributed by atoms with E-state index in [1.54, 1.807) is 7.11 Å². The zero-order valence-corrected chi connectivity index (χ0v) is 16.1. The molecule has 26 heavy (non-hydrogen) atoms. The van der Waals surface area contributed by atoms with Crippen LogP contribution in [-0.4, -0.2) is 44.1 Å². The number of methoxy groups -OCH3 is 1. The van der Waals surface area contributed by atoms with Crippen molar-refractivity contribution in [2.45, 2.75) is 13.3 Å². The summed E-state index contributed by atoms with van der Waals surface area (Å²) in [4.78, 5) is 17.1. The number of halogens is 1. The minimum atomic E-state index is -0.0243. The molecule has 1 heterocycles. The normalized spacial score (nSPS) is 15.7. The van der Waals surface area contributed by atoms with Crippen molar-refractivity contribution >= 4 is 23.2 Å². The van der Waals surface area contributed by atoms with Crippen LogP contribution in [0, 0.1) is 5.92 Å². The molecule has 4 nitrogen and oxygen atoms in total. The number of hydrogen-bond donors (Lipinski definition) is 0. The number of carbonyl (C=O) groups is 1. The maximum Gasteiger partial charge on any atom is 0.225 e. The number of hydrogen-bond acceptors (Lipinski definition) is 3. The topological polar surface area (TPSA) is 32.8 Å². The molecule has 1 amide bonds. The van der Waals surface area contributed by atoms with E-state index in [1.807, 2.05) is 48.2 Å². The average molecular weight is 373 g/mol. The molecule has 2 aromatic carbocycles. The van der Waals surface area contributed by atoms with Crippen LogP contribution < -0.4 is 9.64 Å². The summed E-state index contributed by atoms with van der Waals surface area (Å²) >= 11 is 5.93. The van der Waals surface area contributed by atoms with Crippen LogP contribution in [0.4, 0.5) is 5.69 Å². The molecule has 0 saturated carbocycles. The SMILES string of the molecule is COc1ccc(N2CCN(C(=O)C(C)Cc3ccc(Cl)cc3)CC2)cc1. The lowest BCUT2D eigenvalue weighted by Gasteiger charge is -2.37. The first-order valence-electron chi connectivity index (χ1n) is 8.99. The average Bonchev–Trinajstić information content (AvgIpc) is 2.69. The van der Waals surface area contributed by atoms with Crippen molar-refractivity contribution in [1.82, 2.24) is 4.90 Å². The van der Waals surface area contributed by atoms with Crippen molar-refractivity contribution in [3.63, 3.8) is 0 Å². The summed E-state index contributed by atoms with van der Waals surface area (Å²) in [7, 11) is 1.67. The summed E-state index contributed by atoms with van der Waals surface area (Å²) < 4.78 is 5.21. The van der Waals surface area contributed by atoms with Gasteiger partial charge in [0, 0.05) is 42.8 Å². The summed E-state index contributed by atoms with van der Waals surface area (Å²) in [6.07, 6.45) is 0.745. The first-order valence-corrected chi connectivity index (χ1v) is 9.37. The van der Waals surface area contributed by atoms with Crippen LogP contribution in [0.1, 0.15) is 12.5 Å². The molecule has 2 aromatic rings. The molecule has 0 N–H and O–H groups in total. The predicted octanol–water partition coefficient (Wildman–Crippen LogP) is 3.88. The van der Waals surface area contributed by atoms with Gasteiger partial charge in [-0.15, -0.1) is 0 Å². The summed E-state index contributed by atoms with van der Waals surface area (Å²) in [5.41, 5.74) is 2.32. The van der Waals surface area contributed by atoms with Crippen LogP contribution in [0.3, 0.4) is 0 Å². The Labute approximate surface area is 160 Å². The maximum absolute atomic E-state index is 12.8. The van der Waals surface area contributed by atoms with Crippen LogP contribution in [0.2, 0.25) is 5.02 Å². The number of carbonyl (C=O) groups excluding carboxylic acids is 1. The highest BCUT2D eigenvalue weighted by molar-refractivity contribution is 6.30. The highest BCUT2D eigenvalue weighted by atomic mass is 35.5. The number of amides is 1. The zero-order chi connectivity index (χ0) is 18.5. The van der Waals surface area contributed by atoms with Gasteiger partial charge in [-0.2, -0.15) is 0 Å². The lowest BCUT2D eigenvalue weighted by atomic mass is 9.99. The number of piperazine rings is 1. The Morgan fingerprint density at radius 2 is 1.65 bits per heavy atom. The van der Waals surface area contributed by atoms with Gasteiger partial charge in [0.15, 0.2) is 0 Å². The van der Waals surface area contributed by atoms with Gasteiger partial charge in [0.1, 0.15) is 5.75 Å². The fraction of sp³-hybridized carbons (Fsp3) is 0.381. The quantitative estimate of drug-likeness (QED) is 0.798. The van der Waals surface area contributed by atoms with E-state index in [4.69, 9.17) is 16.3 Å². The second kappa shape index (κ2) is 8.45. The monoisotopic (exact) mass is 372 g/mol. The van der Waals surface area contributed by atoms with Gasteiger partial charge in [-0.05, 0) is 48.4 Å². The summed E-state index contributed by atoms with van der Waals surface area (Å²) in [6, 6.07) is 15.8. The molecule has 0 aliphatic carbocycles. The molecule has 1 aliphatic heterocycles. The van der Waals surface area contributed by atoms with Crippen molar-refractivity contribution in [2.24, 2.45) is 5.92 Å².